The van der Waals surface area contributed by atoms with Gasteiger partial charge in [-0.1, -0.05) is 25.5 Å². The standard InChI is InChI=1S/C14H18O2/c1-4-5-6-7-8-12-11(3)14(16)10(2)9-13(12)15/h6-7,9H,4-5,8H2,1-3H3/b7-6-. The summed E-state index contributed by atoms with van der Waals surface area (Å²) in [5, 5.41) is 0. The van der Waals surface area contributed by atoms with Crippen LogP contribution in [0.2, 0.25) is 0 Å². The number of carbonyl (C=O) groups excluding carboxylic acids is 2. The van der Waals surface area contributed by atoms with Crippen LogP contribution in [0.1, 0.15) is 40.0 Å². The Hall–Kier alpha value is -1.44. The van der Waals surface area contributed by atoms with Crippen molar-refractivity contribution in [1.82, 2.24) is 0 Å². The molecule has 0 saturated heterocycles. The number of allylic oxidation sites excluding steroid dienone is 6. The van der Waals surface area contributed by atoms with Crippen LogP contribution in [0.4, 0.5) is 0 Å². The van der Waals surface area contributed by atoms with Gasteiger partial charge in [0.1, 0.15) is 0 Å². The highest BCUT2D eigenvalue weighted by molar-refractivity contribution is 6.22. The second-order valence-electron chi connectivity index (χ2n) is 4.09. The molecule has 16 heavy (non-hydrogen) atoms. The topological polar surface area (TPSA) is 34.1 Å². The highest BCUT2D eigenvalue weighted by Crippen LogP contribution is 2.21. The number of carbonyl (C=O) groups is 2. The van der Waals surface area contributed by atoms with Gasteiger partial charge in [0.2, 0.25) is 0 Å². The first-order chi connectivity index (χ1) is 7.57. The summed E-state index contributed by atoms with van der Waals surface area (Å²) < 4.78 is 0. The van der Waals surface area contributed by atoms with Crippen LogP contribution in [0.3, 0.4) is 0 Å². The molecule has 0 saturated carbocycles. The molecule has 0 aromatic heterocycles. The van der Waals surface area contributed by atoms with Gasteiger partial charge in [0, 0.05) is 16.7 Å². The first kappa shape index (κ1) is 12.6. The van der Waals surface area contributed by atoms with Crippen molar-refractivity contribution in [2.75, 3.05) is 0 Å². The van der Waals surface area contributed by atoms with E-state index in [1.165, 1.54) is 6.08 Å². The molecule has 2 heteroatoms. The van der Waals surface area contributed by atoms with Gasteiger partial charge in [-0.05, 0) is 32.8 Å². The lowest BCUT2D eigenvalue weighted by molar-refractivity contribution is -0.115. The van der Waals surface area contributed by atoms with Crippen LogP contribution in [0.15, 0.2) is 34.9 Å². The molecule has 1 rings (SSSR count). The number of hydrogen-bond donors (Lipinski definition) is 0. The van der Waals surface area contributed by atoms with Gasteiger partial charge in [-0.2, -0.15) is 0 Å². The minimum Gasteiger partial charge on any atom is -0.290 e. The number of Topliss-reactive ketones (excluding diaryl/α,β-unsaturated/α-hetero) is 1. The van der Waals surface area contributed by atoms with E-state index in [1.807, 2.05) is 6.08 Å². The van der Waals surface area contributed by atoms with Gasteiger partial charge in [-0.15, -0.1) is 0 Å². The lowest BCUT2D eigenvalue weighted by atomic mass is 9.89. The summed E-state index contributed by atoms with van der Waals surface area (Å²) >= 11 is 0. The van der Waals surface area contributed by atoms with Crippen molar-refractivity contribution in [2.45, 2.75) is 40.0 Å². The lowest BCUT2D eigenvalue weighted by Crippen LogP contribution is -2.16. The van der Waals surface area contributed by atoms with Gasteiger partial charge < -0.3 is 0 Å². The maximum atomic E-state index is 11.7. The Morgan fingerprint density at radius 1 is 1.19 bits per heavy atom. The quantitative estimate of drug-likeness (QED) is 0.536. The van der Waals surface area contributed by atoms with Crippen LogP contribution in [0, 0.1) is 0 Å². The number of rotatable bonds is 4. The second-order valence-corrected chi connectivity index (χ2v) is 4.09. The molecule has 0 amide bonds. The van der Waals surface area contributed by atoms with E-state index in [0.717, 1.165) is 12.8 Å². The Balaban J connectivity index is 2.79. The van der Waals surface area contributed by atoms with Crippen LogP contribution in [0.5, 0.6) is 0 Å². The summed E-state index contributed by atoms with van der Waals surface area (Å²) in [6, 6.07) is 0. The maximum absolute atomic E-state index is 11.7. The van der Waals surface area contributed by atoms with E-state index in [2.05, 4.69) is 13.0 Å². The maximum Gasteiger partial charge on any atom is 0.184 e. The summed E-state index contributed by atoms with van der Waals surface area (Å²) in [6.07, 6.45) is 8.16. The van der Waals surface area contributed by atoms with Crippen molar-refractivity contribution in [1.29, 1.82) is 0 Å². The second kappa shape index (κ2) is 5.59. The fourth-order valence-electron chi connectivity index (χ4n) is 1.71. The van der Waals surface area contributed by atoms with Gasteiger partial charge in [0.15, 0.2) is 11.6 Å². The highest BCUT2D eigenvalue weighted by atomic mass is 16.1. The minimum absolute atomic E-state index is 0.00140. The van der Waals surface area contributed by atoms with Crippen molar-refractivity contribution in [3.63, 3.8) is 0 Å². The normalized spacial score (nSPS) is 17.3. The number of ketones is 2. The first-order valence-electron chi connectivity index (χ1n) is 5.70. The molecule has 0 fully saturated rings. The van der Waals surface area contributed by atoms with Crippen LogP contribution >= 0.6 is 0 Å². The molecular formula is C14H18O2. The van der Waals surface area contributed by atoms with Crippen LogP contribution in [-0.4, -0.2) is 11.6 Å². The van der Waals surface area contributed by atoms with E-state index in [0.29, 0.717) is 23.1 Å². The van der Waals surface area contributed by atoms with E-state index in [1.54, 1.807) is 13.8 Å². The largest absolute Gasteiger partial charge is 0.290 e. The van der Waals surface area contributed by atoms with E-state index in [4.69, 9.17) is 0 Å². The monoisotopic (exact) mass is 218 g/mol. The molecule has 0 heterocycles. The Morgan fingerprint density at radius 3 is 2.50 bits per heavy atom. The average molecular weight is 218 g/mol. The molecule has 0 atom stereocenters. The van der Waals surface area contributed by atoms with Gasteiger partial charge in [-0.3, -0.25) is 9.59 Å². The van der Waals surface area contributed by atoms with Crippen molar-refractivity contribution in [3.05, 3.63) is 34.9 Å². The smallest absolute Gasteiger partial charge is 0.184 e. The molecule has 86 valence electrons. The SMILES string of the molecule is CCC/C=C\CC1=C(C)C(=O)C(C)=CC1=O. The molecule has 0 bridgehead atoms. The molecule has 0 aromatic rings. The third-order valence-electron chi connectivity index (χ3n) is 2.74. The molecule has 0 aliphatic heterocycles. The van der Waals surface area contributed by atoms with Crippen molar-refractivity contribution < 1.29 is 9.59 Å². The third-order valence-corrected chi connectivity index (χ3v) is 2.74. The number of hydrogen-bond acceptors (Lipinski definition) is 2. The predicted octanol–water partition coefficient (Wildman–Crippen LogP) is 3.15. The average Bonchev–Trinajstić information content (AvgIpc) is 2.25. The Morgan fingerprint density at radius 2 is 1.88 bits per heavy atom. The molecular weight excluding hydrogens is 200 g/mol. The molecule has 0 N–H and O–H groups in total. The Bertz CT molecular complexity index is 395. The summed E-state index contributed by atoms with van der Waals surface area (Å²) in [5.41, 5.74) is 1.79. The Labute approximate surface area is 96.7 Å². The van der Waals surface area contributed by atoms with Crippen LogP contribution < -0.4 is 0 Å². The van der Waals surface area contributed by atoms with Gasteiger partial charge in [0.05, 0.1) is 0 Å². The van der Waals surface area contributed by atoms with E-state index < -0.39 is 0 Å². The minimum atomic E-state index is -0.0178. The van der Waals surface area contributed by atoms with Crippen LogP contribution in [0.25, 0.3) is 0 Å². The zero-order valence-corrected chi connectivity index (χ0v) is 10.2. The fraction of sp³-hybridized carbons (Fsp3) is 0.429. The Kier molecular flexibility index (Phi) is 4.41. The zero-order valence-electron chi connectivity index (χ0n) is 10.2. The molecule has 2 nitrogen and oxygen atoms in total. The molecule has 0 radical (unpaired) electrons. The molecule has 0 unspecified atom stereocenters. The highest BCUT2D eigenvalue weighted by Gasteiger charge is 2.21. The predicted molar refractivity (Wildman–Crippen MR) is 65.1 cm³/mol. The first-order valence-corrected chi connectivity index (χ1v) is 5.70. The summed E-state index contributed by atoms with van der Waals surface area (Å²) in [4.78, 5) is 23.4. The molecule has 0 spiro atoms. The lowest BCUT2D eigenvalue weighted by Gasteiger charge is -2.12. The van der Waals surface area contributed by atoms with Gasteiger partial charge in [0.25, 0.3) is 0 Å². The molecule has 1 aliphatic rings. The number of unbranched alkanes of at least 4 members (excludes halogenated alkanes) is 1. The summed E-state index contributed by atoms with van der Waals surface area (Å²) in [7, 11) is 0. The van der Waals surface area contributed by atoms with Crippen molar-refractivity contribution in [2.24, 2.45) is 0 Å². The van der Waals surface area contributed by atoms with E-state index in [9.17, 15) is 9.59 Å². The van der Waals surface area contributed by atoms with Crippen molar-refractivity contribution >= 4 is 11.6 Å². The molecule has 1 aliphatic carbocycles. The zero-order chi connectivity index (χ0) is 12.1. The van der Waals surface area contributed by atoms with Gasteiger partial charge >= 0.3 is 0 Å². The fourth-order valence-corrected chi connectivity index (χ4v) is 1.71. The third kappa shape index (κ3) is 2.78. The summed E-state index contributed by atoms with van der Waals surface area (Å²) in [6.45, 7) is 5.53. The van der Waals surface area contributed by atoms with Crippen molar-refractivity contribution in [3.8, 4) is 0 Å². The molecule has 0 aromatic carbocycles. The summed E-state index contributed by atoms with van der Waals surface area (Å²) in [5.74, 6) is -0.0192. The van der Waals surface area contributed by atoms with Gasteiger partial charge in [-0.25, -0.2) is 0 Å². The van der Waals surface area contributed by atoms with E-state index in [-0.39, 0.29) is 11.6 Å². The van der Waals surface area contributed by atoms with E-state index >= 15 is 0 Å². The van der Waals surface area contributed by atoms with Crippen LogP contribution in [-0.2, 0) is 9.59 Å².